The predicted octanol–water partition coefficient (Wildman–Crippen LogP) is 3.11. The number of aromatic nitrogens is 2. The summed E-state index contributed by atoms with van der Waals surface area (Å²) in [5.74, 6) is 2.17. The van der Waals surface area contributed by atoms with Crippen molar-refractivity contribution in [3.63, 3.8) is 0 Å². The lowest BCUT2D eigenvalue weighted by Gasteiger charge is -2.11. The Morgan fingerprint density at radius 2 is 1.95 bits per heavy atom. The molecule has 20 heavy (non-hydrogen) atoms. The molecule has 1 saturated carbocycles. The molecule has 1 aliphatic carbocycles. The van der Waals surface area contributed by atoms with Crippen LogP contribution in [-0.2, 0) is 6.42 Å². The van der Waals surface area contributed by atoms with Crippen LogP contribution in [0.1, 0.15) is 49.1 Å². The minimum absolute atomic E-state index is 0.0268. The summed E-state index contributed by atoms with van der Waals surface area (Å²) in [6.07, 6.45) is 6.21. The van der Waals surface area contributed by atoms with Crippen LogP contribution in [0, 0.1) is 5.92 Å². The third-order valence-corrected chi connectivity index (χ3v) is 4.09. The van der Waals surface area contributed by atoms with Crippen LogP contribution in [-0.4, -0.2) is 17.2 Å². The fourth-order valence-corrected chi connectivity index (χ4v) is 3.01. The molecule has 0 aliphatic heterocycles. The lowest BCUT2D eigenvalue weighted by molar-refractivity contribution is 0.387. The van der Waals surface area contributed by atoms with E-state index in [1.807, 2.05) is 25.2 Å². The first-order valence-corrected chi connectivity index (χ1v) is 7.41. The van der Waals surface area contributed by atoms with Crippen molar-refractivity contribution in [3.05, 3.63) is 47.7 Å². The summed E-state index contributed by atoms with van der Waals surface area (Å²) in [4.78, 5) is 0. The van der Waals surface area contributed by atoms with Crippen LogP contribution in [0.4, 0.5) is 0 Å². The summed E-state index contributed by atoms with van der Waals surface area (Å²) in [5, 5.41) is 11.7. The van der Waals surface area contributed by atoms with Crippen LogP contribution >= 0.6 is 0 Å². The molecule has 1 N–H and O–H groups in total. The molecule has 2 aromatic rings. The fraction of sp³-hybridized carbons (Fsp3) is 0.500. The Hall–Kier alpha value is -1.68. The van der Waals surface area contributed by atoms with Gasteiger partial charge in [-0.1, -0.05) is 43.2 Å². The molecule has 4 heteroatoms. The van der Waals surface area contributed by atoms with E-state index in [1.54, 1.807) is 0 Å². The Balaban J connectivity index is 1.74. The minimum Gasteiger partial charge on any atom is -0.423 e. The zero-order valence-corrected chi connectivity index (χ0v) is 11.9. The number of nitrogens with one attached hydrogen (secondary N) is 1. The molecule has 0 spiro atoms. The van der Waals surface area contributed by atoms with E-state index in [2.05, 4.69) is 27.6 Å². The molecule has 1 fully saturated rings. The first kappa shape index (κ1) is 13.3. The van der Waals surface area contributed by atoms with Gasteiger partial charge in [0.25, 0.3) is 0 Å². The quantitative estimate of drug-likeness (QED) is 0.907. The fourth-order valence-electron chi connectivity index (χ4n) is 3.01. The maximum Gasteiger partial charge on any atom is 0.237 e. The van der Waals surface area contributed by atoms with Gasteiger partial charge in [0.05, 0.1) is 0 Å². The zero-order chi connectivity index (χ0) is 13.8. The maximum absolute atomic E-state index is 5.87. The molecule has 0 saturated heterocycles. The molecule has 1 aliphatic rings. The Labute approximate surface area is 119 Å². The van der Waals surface area contributed by atoms with Gasteiger partial charge in [-0.25, -0.2) is 0 Å². The number of hydrogen-bond acceptors (Lipinski definition) is 4. The molecular weight excluding hydrogens is 250 g/mol. The van der Waals surface area contributed by atoms with Gasteiger partial charge in [0, 0.05) is 6.42 Å². The topological polar surface area (TPSA) is 51.0 Å². The lowest BCUT2D eigenvalue weighted by atomic mass is 10.0. The molecule has 1 aromatic carbocycles. The number of rotatable bonds is 5. The van der Waals surface area contributed by atoms with Crippen molar-refractivity contribution < 1.29 is 4.42 Å². The van der Waals surface area contributed by atoms with E-state index in [0.717, 1.165) is 23.8 Å². The van der Waals surface area contributed by atoms with E-state index < -0.39 is 0 Å². The Kier molecular flexibility index (Phi) is 4.11. The second-order valence-electron chi connectivity index (χ2n) is 5.52. The molecule has 0 amide bonds. The van der Waals surface area contributed by atoms with Crippen LogP contribution in [0.5, 0.6) is 0 Å². The summed E-state index contributed by atoms with van der Waals surface area (Å²) in [5.41, 5.74) is 1.14. The molecule has 1 aromatic heterocycles. The van der Waals surface area contributed by atoms with Gasteiger partial charge in [-0.2, -0.15) is 0 Å². The van der Waals surface area contributed by atoms with Gasteiger partial charge in [-0.3, -0.25) is 0 Å². The lowest BCUT2D eigenvalue weighted by Crippen LogP contribution is -2.17. The van der Waals surface area contributed by atoms with E-state index >= 15 is 0 Å². The highest BCUT2D eigenvalue weighted by atomic mass is 16.4. The highest BCUT2D eigenvalue weighted by Crippen LogP contribution is 2.28. The largest absolute Gasteiger partial charge is 0.423 e. The summed E-state index contributed by atoms with van der Waals surface area (Å²) in [6.45, 7) is 0. The zero-order valence-electron chi connectivity index (χ0n) is 11.9. The Morgan fingerprint density at radius 1 is 1.20 bits per heavy atom. The molecule has 1 unspecified atom stereocenters. The van der Waals surface area contributed by atoms with Crippen LogP contribution in [0.15, 0.2) is 34.7 Å². The Morgan fingerprint density at radius 3 is 2.65 bits per heavy atom. The highest BCUT2D eigenvalue weighted by molar-refractivity contribution is 5.23. The van der Waals surface area contributed by atoms with Crippen molar-refractivity contribution in [1.29, 1.82) is 0 Å². The molecule has 0 bridgehead atoms. The van der Waals surface area contributed by atoms with Crippen LogP contribution in [0.2, 0.25) is 0 Å². The van der Waals surface area contributed by atoms with Gasteiger partial charge in [0.1, 0.15) is 6.04 Å². The SMILES string of the molecule is CNC(c1ccccc1)c1nnc(CC2CCCC2)o1. The first-order valence-electron chi connectivity index (χ1n) is 7.41. The number of benzene rings is 1. The normalized spacial score (nSPS) is 17.4. The molecular formula is C16H21N3O. The van der Waals surface area contributed by atoms with E-state index in [4.69, 9.17) is 4.42 Å². The second kappa shape index (κ2) is 6.18. The third kappa shape index (κ3) is 2.90. The minimum atomic E-state index is -0.0268. The van der Waals surface area contributed by atoms with E-state index in [1.165, 1.54) is 25.7 Å². The van der Waals surface area contributed by atoms with Crippen LogP contribution in [0.25, 0.3) is 0 Å². The van der Waals surface area contributed by atoms with Crippen molar-refractivity contribution >= 4 is 0 Å². The standard InChI is InChI=1S/C16H21N3O/c1-17-15(13-9-3-2-4-10-13)16-19-18-14(20-16)11-12-7-5-6-8-12/h2-4,9-10,12,15,17H,5-8,11H2,1H3. The summed E-state index contributed by atoms with van der Waals surface area (Å²) in [6, 6.07) is 10.2. The number of hydrogen-bond donors (Lipinski definition) is 1. The van der Waals surface area contributed by atoms with Crippen molar-refractivity contribution in [3.8, 4) is 0 Å². The summed E-state index contributed by atoms with van der Waals surface area (Å²) in [7, 11) is 1.92. The van der Waals surface area contributed by atoms with E-state index in [-0.39, 0.29) is 6.04 Å². The van der Waals surface area contributed by atoms with Crippen molar-refractivity contribution in [2.75, 3.05) is 7.05 Å². The van der Waals surface area contributed by atoms with Crippen molar-refractivity contribution in [2.24, 2.45) is 5.92 Å². The molecule has 106 valence electrons. The molecule has 4 nitrogen and oxygen atoms in total. The average Bonchev–Trinajstić information content (AvgIpc) is 3.14. The van der Waals surface area contributed by atoms with Crippen LogP contribution < -0.4 is 5.32 Å². The highest BCUT2D eigenvalue weighted by Gasteiger charge is 2.22. The van der Waals surface area contributed by atoms with Gasteiger partial charge in [0.15, 0.2) is 0 Å². The average molecular weight is 271 g/mol. The van der Waals surface area contributed by atoms with Gasteiger partial charge in [-0.05, 0) is 31.4 Å². The second-order valence-corrected chi connectivity index (χ2v) is 5.52. The predicted molar refractivity (Wildman–Crippen MR) is 77.3 cm³/mol. The third-order valence-electron chi connectivity index (χ3n) is 4.09. The van der Waals surface area contributed by atoms with Gasteiger partial charge in [0.2, 0.25) is 11.8 Å². The van der Waals surface area contributed by atoms with Gasteiger partial charge in [-0.15, -0.1) is 10.2 Å². The molecule has 0 radical (unpaired) electrons. The molecule has 3 rings (SSSR count). The van der Waals surface area contributed by atoms with Gasteiger partial charge < -0.3 is 9.73 Å². The summed E-state index contributed by atoms with van der Waals surface area (Å²) >= 11 is 0. The first-order chi connectivity index (χ1) is 9.86. The summed E-state index contributed by atoms with van der Waals surface area (Å²) < 4.78 is 5.87. The Bertz CT molecular complexity index is 532. The van der Waals surface area contributed by atoms with Crippen LogP contribution in [0.3, 0.4) is 0 Å². The molecule has 1 atom stereocenters. The molecule has 1 heterocycles. The number of nitrogens with zero attached hydrogens (tertiary/aromatic N) is 2. The monoisotopic (exact) mass is 271 g/mol. The van der Waals surface area contributed by atoms with Gasteiger partial charge >= 0.3 is 0 Å². The smallest absolute Gasteiger partial charge is 0.237 e. The maximum atomic E-state index is 5.87. The van der Waals surface area contributed by atoms with E-state index in [9.17, 15) is 0 Å². The van der Waals surface area contributed by atoms with Crippen molar-refractivity contribution in [1.82, 2.24) is 15.5 Å². The van der Waals surface area contributed by atoms with E-state index in [0.29, 0.717) is 5.89 Å². The van der Waals surface area contributed by atoms with Crippen molar-refractivity contribution in [2.45, 2.75) is 38.1 Å².